The fourth-order valence-corrected chi connectivity index (χ4v) is 3.46. The molecule has 1 aliphatic rings. The average molecular weight is 298 g/mol. The summed E-state index contributed by atoms with van der Waals surface area (Å²) in [7, 11) is 0. The Bertz CT molecular complexity index is 377. The van der Waals surface area contributed by atoms with E-state index in [0.29, 0.717) is 6.54 Å². The highest BCUT2D eigenvalue weighted by molar-refractivity contribution is 6.34. The Balaban J connectivity index is 2.96. The molecule has 6 nitrogen and oxygen atoms in total. The molecule has 2 amide bonds. The average Bonchev–Trinajstić information content (AvgIpc) is 2.34. The minimum atomic E-state index is -0.736. The molecule has 0 atom stereocenters. The molecule has 21 heavy (non-hydrogen) atoms. The molecule has 0 spiro atoms. The Kier molecular flexibility index (Phi) is 5.75. The van der Waals surface area contributed by atoms with E-state index >= 15 is 0 Å². The lowest BCUT2D eigenvalue weighted by molar-refractivity contribution is -0.148. The molecule has 1 rings (SSSR count). The first-order valence-electron chi connectivity index (χ1n) is 7.73. The molecule has 1 aliphatic heterocycles. The van der Waals surface area contributed by atoms with Crippen LogP contribution in [0.25, 0.3) is 0 Å². The third-order valence-electron chi connectivity index (χ3n) is 3.95. The van der Waals surface area contributed by atoms with Gasteiger partial charge in [-0.15, -0.1) is 0 Å². The van der Waals surface area contributed by atoms with Gasteiger partial charge in [0.15, 0.2) is 0 Å². The second kappa shape index (κ2) is 6.75. The zero-order valence-electron chi connectivity index (χ0n) is 14.0. The van der Waals surface area contributed by atoms with Crippen LogP contribution in [-0.4, -0.2) is 40.4 Å². The number of amides is 2. The number of hydrogen-bond acceptors (Lipinski definition) is 4. The lowest BCUT2D eigenvalue weighted by Crippen LogP contribution is -2.63. The second-order valence-electron chi connectivity index (χ2n) is 7.28. The molecule has 4 N–H and O–H groups in total. The van der Waals surface area contributed by atoms with Gasteiger partial charge in [-0.3, -0.25) is 15.0 Å². The zero-order chi connectivity index (χ0) is 16.3. The number of carbonyl (C=O) groups excluding carboxylic acids is 2. The monoisotopic (exact) mass is 298 g/mol. The SMILES string of the molecule is CCCCN(C(=O)C(=O)NN)C1CC(C)(C)NC(C)(C)C1. The van der Waals surface area contributed by atoms with Gasteiger partial charge in [0.25, 0.3) is 0 Å². The molecule has 0 aromatic rings. The fourth-order valence-electron chi connectivity index (χ4n) is 3.46. The summed E-state index contributed by atoms with van der Waals surface area (Å²) >= 11 is 0. The van der Waals surface area contributed by atoms with Gasteiger partial charge in [0.2, 0.25) is 0 Å². The first kappa shape index (κ1) is 17.9. The van der Waals surface area contributed by atoms with Crippen molar-refractivity contribution in [3.8, 4) is 0 Å². The minimum absolute atomic E-state index is 0.0487. The Morgan fingerprint density at radius 1 is 1.24 bits per heavy atom. The fraction of sp³-hybridized carbons (Fsp3) is 0.867. The van der Waals surface area contributed by atoms with Gasteiger partial charge in [0.05, 0.1) is 0 Å². The van der Waals surface area contributed by atoms with Crippen molar-refractivity contribution in [1.82, 2.24) is 15.6 Å². The summed E-state index contributed by atoms with van der Waals surface area (Å²) in [6, 6.07) is 0.0487. The Labute approximate surface area is 127 Å². The topological polar surface area (TPSA) is 87.5 Å². The van der Waals surface area contributed by atoms with Crippen LogP contribution >= 0.6 is 0 Å². The summed E-state index contributed by atoms with van der Waals surface area (Å²) < 4.78 is 0. The number of nitrogens with zero attached hydrogens (tertiary/aromatic N) is 1. The number of hydrogen-bond donors (Lipinski definition) is 3. The van der Waals surface area contributed by atoms with Crippen LogP contribution in [0.5, 0.6) is 0 Å². The molecule has 0 aromatic heterocycles. The van der Waals surface area contributed by atoms with E-state index in [2.05, 4.69) is 39.9 Å². The van der Waals surface area contributed by atoms with Gasteiger partial charge < -0.3 is 10.2 Å². The number of rotatable bonds is 4. The number of carbonyl (C=O) groups is 2. The quantitative estimate of drug-likeness (QED) is 0.312. The van der Waals surface area contributed by atoms with Crippen molar-refractivity contribution >= 4 is 11.8 Å². The van der Waals surface area contributed by atoms with Crippen molar-refractivity contribution in [1.29, 1.82) is 0 Å². The molecule has 122 valence electrons. The Morgan fingerprint density at radius 3 is 2.19 bits per heavy atom. The molecule has 1 fully saturated rings. The van der Waals surface area contributed by atoms with Gasteiger partial charge in [-0.2, -0.15) is 0 Å². The number of nitrogens with two attached hydrogens (primary N) is 1. The third-order valence-corrected chi connectivity index (χ3v) is 3.95. The van der Waals surface area contributed by atoms with Gasteiger partial charge in [-0.05, 0) is 47.0 Å². The minimum Gasteiger partial charge on any atom is -0.331 e. The second-order valence-corrected chi connectivity index (χ2v) is 7.28. The van der Waals surface area contributed by atoms with Crippen molar-refractivity contribution in [2.75, 3.05) is 6.54 Å². The first-order chi connectivity index (χ1) is 9.62. The van der Waals surface area contributed by atoms with E-state index in [4.69, 9.17) is 5.84 Å². The maximum Gasteiger partial charge on any atom is 0.323 e. The molecule has 1 saturated heterocycles. The van der Waals surface area contributed by atoms with Crippen LogP contribution in [0.4, 0.5) is 0 Å². The van der Waals surface area contributed by atoms with E-state index in [1.807, 2.05) is 5.43 Å². The van der Waals surface area contributed by atoms with Crippen LogP contribution in [0, 0.1) is 0 Å². The highest BCUT2D eigenvalue weighted by Crippen LogP contribution is 2.31. The Morgan fingerprint density at radius 2 is 1.76 bits per heavy atom. The number of piperidine rings is 1. The summed E-state index contributed by atoms with van der Waals surface area (Å²) in [4.78, 5) is 25.7. The summed E-state index contributed by atoms with van der Waals surface area (Å²) in [5.74, 6) is 3.86. The molecule has 6 heteroatoms. The highest BCUT2D eigenvalue weighted by atomic mass is 16.2. The van der Waals surface area contributed by atoms with Gasteiger partial charge >= 0.3 is 11.8 Å². The standard InChI is InChI=1S/C15H30N4O2/c1-6-7-8-19(13(21)12(20)17-16)11-9-14(2,3)18-15(4,5)10-11/h11,18H,6-10,16H2,1-5H3,(H,17,20). The summed E-state index contributed by atoms with van der Waals surface area (Å²) in [5.41, 5.74) is 1.81. The predicted octanol–water partition coefficient (Wildman–Crippen LogP) is 0.914. The van der Waals surface area contributed by atoms with E-state index < -0.39 is 11.8 Å². The summed E-state index contributed by atoms with van der Waals surface area (Å²) in [6.07, 6.45) is 3.51. The first-order valence-corrected chi connectivity index (χ1v) is 7.73. The maximum atomic E-state index is 12.3. The normalized spacial score (nSPS) is 20.9. The molecule has 1 heterocycles. The van der Waals surface area contributed by atoms with Crippen molar-refractivity contribution in [3.63, 3.8) is 0 Å². The highest BCUT2D eigenvalue weighted by Gasteiger charge is 2.41. The van der Waals surface area contributed by atoms with Gasteiger partial charge in [0.1, 0.15) is 0 Å². The van der Waals surface area contributed by atoms with E-state index in [1.165, 1.54) is 0 Å². The van der Waals surface area contributed by atoms with Gasteiger partial charge in [0, 0.05) is 23.7 Å². The van der Waals surface area contributed by atoms with Crippen molar-refractivity contribution in [2.24, 2.45) is 5.84 Å². The van der Waals surface area contributed by atoms with Crippen LogP contribution in [0.15, 0.2) is 0 Å². The molecule has 0 aromatic carbocycles. The molecule has 0 radical (unpaired) electrons. The van der Waals surface area contributed by atoms with Crippen LogP contribution < -0.4 is 16.6 Å². The Hall–Kier alpha value is -1.14. The smallest absolute Gasteiger partial charge is 0.323 e. The molecule has 0 bridgehead atoms. The van der Waals surface area contributed by atoms with Gasteiger partial charge in [-0.25, -0.2) is 5.84 Å². The van der Waals surface area contributed by atoms with Gasteiger partial charge in [-0.1, -0.05) is 13.3 Å². The van der Waals surface area contributed by atoms with Crippen molar-refractivity contribution < 1.29 is 9.59 Å². The van der Waals surface area contributed by atoms with Crippen molar-refractivity contribution in [2.45, 2.75) is 77.4 Å². The maximum absolute atomic E-state index is 12.3. The van der Waals surface area contributed by atoms with E-state index in [-0.39, 0.29) is 17.1 Å². The van der Waals surface area contributed by atoms with E-state index in [9.17, 15) is 9.59 Å². The zero-order valence-corrected chi connectivity index (χ0v) is 14.0. The number of hydrazine groups is 1. The molecule has 0 aliphatic carbocycles. The predicted molar refractivity (Wildman–Crippen MR) is 83.3 cm³/mol. The van der Waals surface area contributed by atoms with Crippen LogP contribution in [-0.2, 0) is 9.59 Å². The molecular formula is C15H30N4O2. The number of nitrogens with one attached hydrogen (secondary N) is 2. The lowest BCUT2D eigenvalue weighted by Gasteiger charge is -2.49. The summed E-state index contributed by atoms with van der Waals surface area (Å²) in [5, 5.41) is 3.59. The van der Waals surface area contributed by atoms with E-state index in [1.54, 1.807) is 4.90 Å². The largest absolute Gasteiger partial charge is 0.331 e. The lowest BCUT2D eigenvalue weighted by atomic mass is 9.79. The van der Waals surface area contributed by atoms with Crippen LogP contribution in [0.2, 0.25) is 0 Å². The van der Waals surface area contributed by atoms with Crippen molar-refractivity contribution in [3.05, 3.63) is 0 Å². The van der Waals surface area contributed by atoms with E-state index in [0.717, 1.165) is 25.7 Å². The van der Waals surface area contributed by atoms with Crippen LogP contribution in [0.1, 0.15) is 60.3 Å². The summed E-state index contributed by atoms with van der Waals surface area (Å²) in [6.45, 7) is 11.2. The third kappa shape index (κ3) is 4.97. The number of unbranched alkanes of at least 4 members (excludes halogenated alkanes) is 1. The molecular weight excluding hydrogens is 268 g/mol. The molecule has 0 unspecified atom stereocenters. The molecule has 0 saturated carbocycles. The van der Waals surface area contributed by atoms with Crippen LogP contribution in [0.3, 0.4) is 0 Å².